The Morgan fingerprint density at radius 3 is 1.04 bits per heavy atom. The molecule has 0 aliphatic heterocycles. The largest absolute Gasteiger partial charge is 4.00 e. The van der Waals surface area contributed by atoms with Crippen molar-refractivity contribution in [2.45, 2.75) is 92.0 Å². The Morgan fingerprint density at radius 2 is 0.958 bits per heavy atom. The summed E-state index contributed by atoms with van der Waals surface area (Å²) in [6.45, 7) is 16.4. The molecule has 0 saturated carbocycles. The summed E-state index contributed by atoms with van der Waals surface area (Å²) in [4.78, 5) is 0. The monoisotopic (exact) mass is 429 g/mol. The van der Waals surface area contributed by atoms with E-state index < -0.39 is 8.80 Å². The second-order valence-corrected chi connectivity index (χ2v) is 9.28. The van der Waals surface area contributed by atoms with Crippen LogP contribution in [0.5, 0.6) is 0 Å². The predicted molar refractivity (Wildman–Crippen MR) is 113 cm³/mol. The van der Waals surface area contributed by atoms with Gasteiger partial charge in [0.15, 0.2) is 0 Å². The van der Waals surface area contributed by atoms with E-state index in [1.807, 2.05) is 41.5 Å². The van der Waals surface area contributed by atoms with Crippen molar-refractivity contribution >= 4 is 14.0 Å². The molecule has 1 aromatic carbocycles. The molecule has 1 rings (SSSR count). The summed E-state index contributed by atoms with van der Waals surface area (Å²) in [5.41, 5.74) is 20.5. The molecule has 0 aliphatic rings. The van der Waals surface area contributed by atoms with Crippen molar-refractivity contribution in [2.75, 3.05) is 0 Å². The van der Waals surface area contributed by atoms with Crippen molar-refractivity contribution in [3.63, 3.8) is 0 Å². The quantitative estimate of drug-likeness (QED) is 0.381. The Labute approximate surface area is 173 Å². The molecule has 3 atom stereocenters. The molecule has 0 bridgehead atoms. The zero-order valence-corrected chi connectivity index (χ0v) is 20.9. The van der Waals surface area contributed by atoms with Crippen LogP contribution in [-0.4, -0.2) is 26.9 Å². The third-order valence-electron chi connectivity index (χ3n) is 3.19. The first-order valence-corrected chi connectivity index (χ1v) is 11.9. The average molecular weight is 431 g/mol. The van der Waals surface area contributed by atoms with E-state index in [-0.39, 0.29) is 44.3 Å². The molecular formula is C19H41N3SiZr. The Balaban J connectivity index is -0.000000113. The normalized spacial score (nSPS) is 12.8. The van der Waals surface area contributed by atoms with Crippen molar-refractivity contribution in [3.8, 4) is 0 Å². The maximum atomic E-state index is 6.83. The van der Waals surface area contributed by atoms with E-state index in [4.69, 9.17) is 17.2 Å². The van der Waals surface area contributed by atoms with Crippen molar-refractivity contribution in [2.24, 2.45) is 0 Å². The molecule has 3 N–H and O–H groups in total. The molecule has 1 aromatic rings. The van der Waals surface area contributed by atoms with Gasteiger partial charge < -0.3 is 17.2 Å². The Kier molecular flexibility index (Phi) is 31.1. The summed E-state index contributed by atoms with van der Waals surface area (Å²) in [6, 6.07) is 9.07. The van der Waals surface area contributed by atoms with Gasteiger partial charge in [-0.15, -0.1) is 18.1 Å². The molecule has 3 unspecified atom stereocenters. The molecule has 0 aliphatic carbocycles. The smallest absolute Gasteiger partial charge is 0.675 e. The first kappa shape index (κ1) is 32.0. The van der Waals surface area contributed by atoms with E-state index >= 15 is 0 Å². The number of hydrogen-bond donors (Lipinski definition) is 0. The van der Waals surface area contributed by atoms with E-state index in [0.717, 1.165) is 19.3 Å². The minimum atomic E-state index is -0.480. The van der Waals surface area contributed by atoms with Crippen LogP contribution in [0.25, 0.3) is 17.2 Å². The van der Waals surface area contributed by atoms with Gasteiger partial charge in [0.25, 0.3) is 0 Å². The van der Waals surface area contributed by atoms with Crippen molar-refractivity contribution in [1.29, 1.82) is 0 Å². The number of rotatable bonds is 4. The molecule has 0 saturated heterocycles. The average Bonchev–Trinajstić information content (AvgIpc) is 3.03. The van der Waals surface area contributed by atoms with E-state index in [1.165, 1.54) is 0 Å². The maximum Gasteiger partial charge on any atom is 4.00 e. The standard InChI is InChI=1S/C7H11Si.3C4H10N.Zr/c1-8(2)7-5-3-4-6-7;3*1-3-4(2)5;/h3-6,8H,1-2H3;3*4-5H,3H2,1-2H3;/q4*-1;+4. The SMILES string of the molecule is CCC(C)[NH-].CCC(C)[NH-].CCC(C)[NH-].C[SiH](C)[c-]1cccc1.[Zr+4]. The Morgan fingerprint density at radius 1 is 0.750 bits per heavy atom. The fourth-order valence-corrected chi connectivity index (χ4v) is 1.77. The van der Waals surface area contributed by atoms with E-state index in [1.54, 1.807) is 5.19 Å². The fourth-order valence-electron chi connectivity index (χ4n) is 0.774. The molecular weight excluding hydrogens is 390 g/mol. The first-order valence-electron chi connectivity index (χ1n) is 8.96. The third kappa shape index (κ3) is 33.8. The van der Waals surface area contributed by atoms with Crippen LogP contribution in [0.1, 0.15) is 60.8 Å². The summed E-state index contributed by atoms with van der Waals surface area (Å²) >= 11 is 0. The van der Waals surface area contributed by atoms with Gasteiger partial charge >= 0.3 is 26.2 Å². The van der Waals surface area contributed by atoms with Crippen molar-refractivity contribution in [1.82, 2.24) is 0 Å². The van der Waals surface area contributed by atoms with Gasteiger partial charge in [0.2, 0.25) is 0 Å². The minimum absolute atomic E-state index is 0. The van der Waals surface area contributed by atoms with Crippen LogP contribution in [0, 0.1) is 0 Å². The molecule has 0 heterocycles. The summed E-state index contributed by atoms with van der Waals surface area (Å²) in [6.07, 6.45) is 2.92. The van der Waals surface area contributed by atoms with Gasteiger partial charge in [-0.05, 0) is 0 Å². The number of nitrogens with one attached hydrogen (secondary N) is 3. The second kappa shape index (κ2) is 23.3. The van der Waals surface area contributed by atoms with Gasteiger partial charge in [0, 0.05) is 8.80 Å². The Bertz CT molecular complexity index is 281. The van der Waals surface area contributed by atoms with Gasteiger partial charge in [-0.3, -0.25) is 0 Å². The van der Waals surface area contributed by atoms with Gasteiger partial charge in [0.1, 0.15) is 0 Å². The molecule has 0 amide bonds. The second-order valence-electron chi connectivity index (χ2n) is 6.30. The summed E-state index contributed by atoms with van der Waals surface area (Å²) in [7, 11) is -0.480. The van der Waals surface area contributed by atoms with Crippen LogP contribution in [-0.2, 0) is 26.2 Å². The molecule has 24 heavy (non-hydrogen) atoms. The first-order chi connectivity index (χ1) is 10.6. The van der Waals surface area contributed by atoms with Crippen molar-refractivity contribution < 1.29 is 26.2 Å². The summed E-state index contributed by atoms with van der Waals surface area (Å²) in [5, 5.41) is 1.57. The zero-order chi connectivity index (χ0) is 18.8. The Hall–Kier alpha value is 0.330. The van der Waals surface area contributed by atoms with Gasteiger partial charge in [-0.25, -0.2) is 12.1 Å². The summed E-state index contributed by atoms with van der Waals surface area (Å²) < 4.78 is 0. The molecule has 0 fully saturated rings. The van der Waals surface area contributed by atoms with Gasteiger partial charge in [-0.2, -0.15) is 17.3 Å². The predicted octanol–water partition coefficient (Wildman–Crippen LogP) is 6.61. The molecule has 0 spiro atoms. The van der Waals surface area contributed by atoms with Crippen LogP contribution in [0.3, 0.4) is 0 Å². The van der Waals surface area contributed by atoms with Crippen LogP contribution in [0.2, 0.25) is 13.1 Å². The fraction of sp³-hybridized carbons (Fsp3) is 0.737. The summed E-state index contributed by atoms with van der Waals surface area (Å²) in [5.74, 6) is 0. The van der Waals surface area contributed by atoms with E-state index in [2.05, 4.69) is 37.4 Å². The molecule has 0 aromatic heterocycles. The van der Waals surface area contributed by atoms with Crippen molar-refractivity contribution in [3.05, 3.63) is 41.5 Å². The maximum absolute atomic E-state index is 6.83. The van der Waals surface area contributed by atoms with Gasteiger partial charge in [0.05, 0.1) is 0 Å². The van der Waals surface area contributed by atoms with Crippen LogP contribution < -0.4 is 5.19 Å². The van der Waals surface area contributed by atoms with E-state index in [0.29, 0.717) is 0 Å². The molecule has 140 valence electrons. The minimum Gasteiger partial charge on any atom is -0.675 e. The van der Waals surface area contributed by atoms with Crippen LogP contribution in [0.15, 0.2) is 24.3 Å². The number of hydrogen-bond acceptors (Lipinski definition) is 0. The zero-order valence-electron chi connectivity index (χ0n) is 17.2. The molecule has 5 heteroatoms. The molecule has 3 nitrogen and oxygen atoms in total. The van der Waals surface area contributed by atoms with Gasteiger partial charge in [-0.1, -0.05) is 73.9 Å². The molecule has 0 radical (unpaired) electrons. The van der Waals surface area contributed by atoms with Crippen LogP contribution >= 0.6 is 0 Å². The van der Waals surface area contributed by atoms with E-state index in [9.17, 15) is 0 Å². The van der Waals surface area contributed by atoms with Crippen LogP contribution in [0.4, 0.5) is 0 Å². The third-order valence-corrected chi connectivity index (χ3v) is 4.91. The topological polar surface area (TPSA) is 71.4 Å².